The molecule has 0 spiro atoms. The van der Waals surface area contributed by atoms with Crippen molar-refractivity contribution in [3.05, 3.63) is 41.2 Å². The van der Waals surface area contributed by atoms with Crippen molar-refractivity contribution in [1.82, 2.24) is 19.8 Å². The van der Waals surface area contributed by atoms with Crippen LogP contribution in [0.3, 0.4) is 0 Å². The number of thioether (sulfide) groups is 1. The molecule has 23 heavy (non-hydrogen) atoms. The number of amides is 3. The Balaban J connectivity index is 1.71. The van der Waals surface area contributed by atoms with E-state index >= 15 is 0 Å². The first-order valence-electron chi connectivity index (χ1n) is 7.08. The molecule has 1 aliphatic heterocycles. The minimum atomic E-state index is -0.329. The number of benzene rings is 1. The van der Waals surface area contributed by atoms with Gasteiger partial charge in [-0.25, -0.2) is 9.78 Å². The van der Waals surface area contributed by atoms with Crippen molar-refractivity contribution in [1.29, 1.82) is 0 Å². The van der Waals surface area contributed by atoms with Crippen molar-refractivity contribution >= 4 is 35.3 Å². The maximum absolute atomic E-state index is 11.5. The molecule has 2 heterocycles. The van der Waals surface area contributed by atoms with Crippen LogP contribution in [0.25, 0.3) is 5.69 Å². The third-order valence-electron chi connectivity index (χ3n) is 3.59. The number of rotatable bonds is 5. The number of hydrogen-bond acceptors (Lipinski definition) is 4. The molecule has 1 aliphatic rings. The van der Waals surface area contributed by atoms with Gasteiger partial charge in [0.1, 0.15) is 0 Å². The van der Waals surface area contributed by atoms with Crippen molar-refractivity contribution in [3.8, 4) is 5.69 Å². The predicted octanol–water partition coefficient (Wildman–Crippen LogP) is 2.48. The van der Waals surface area contributed by atoms with E-state index in [2.05, 4.69) is 10.3 Å². The molecule has 2 aromatic rings. The molecule has 0 aliphatic carbocycles. The molecule has 1 fully saturated rings. The van der Waals surface area contributed by atoms with Gasteiger partial charge in [-0.1, -0.05) is 29.4 Å². The molecule has 0 atom stereocenters. The van der Waals surface area contributed by atoms with Crippen LogP contribution in [-0.2, 0) is 4.79 Å². The Hall–Kier alpha value is -1.99. The van der Waals surface area contributed by atoms with Crippen LogP contribution in [0.5, 0.6) is 0 Å². The van der Waals surface area contributed by atoms with Crippen molar-refractivity contribution in [2.45, 2.75) is 12.1 Å². The van der Waals surface area contributed by atoms with Gasteiger partial charge in [0.2, 0.25) is 5.91 Å². The van der Waals surface area contributed by atoms with Gasteiger partial charge in [0, 0.05) is 29.7 Å². The van der Waals surface area contributed by atoms with Crippen molar-refractivity contribution in [2.24, 2.45) is 0 Å². The van der Waals surface area contributed by atoms with E-state index in [0.717, 1.165) is 16.4 Å². The molecule has 3 amide bonds. The number of imide groups is 1. The number of urea groups is 1. The number of hydrogen-bond donors (Lipinski definition) is 1. The van der Waals surface area contributed by atoms with E-state index in [0.29, 0.717) is 17.3 Å². The lowest BCUT2D eigenvalue weighted by atomic mass is 10.2. The van der Waals surface area contributed by atoms with E-state index in [1.54, 1.807) is 6.20 Å². The SMILES string of the molecule is Cc1c(Cl)cccc1-n1ccnc1SCCN1C(=O)CNC1=O. The van der Waals surface area contributed by atoms with Crippen LogP contribution < -0.4 is 5.32 Å². The lowest BCUT2D eigenvalue weighted by molar-refractivity contribution is -0.124. The zero-order valence-electron chi connectivity index (χ0n) is 12.5. The predicted molar refractivity (Wildman–Crippen MR) is 89.1 cm³/mol. The summed E-state index contributed by atoms with van der Waals surface area (Å²) in [4.78, 5) is 28.6. The number of halogens is 1. The summed E-state index contributed by atoms with van der Waals surface area (Å²) in [6.45, 7) is 2.40. The molecular weight excluding hydrogens is 336 g/mol. The molecule has 0 bridgehead atoms. The highest BCUT2D eigenvalue weighted by Crippen LogP contribution is 2.26. The van der Waals surface area contributed by atoms with Crippen LogP contribution in [0.1, 0.15) is 5.56 Å². The molecule has 6 nitrogen and oxygen atoms in total. The topological polar surface area (TPSA) is 67.2 Å². The highest BCUT2D eigenvalue weighted by molar-refractivity contribution is 7.99. The molecule has 8 heteroatoms. The smallest absolute Gasteiger partial charge is 0.324 e. The highest BCUT2D eigenvalue weighted by Gasteiger charge is 2.27. The fraction of sp³-hybridized carbons (Fsp3) is 0.267. The van der Waals surface area contributed by atoms with E-state index in [9.17, 15) is 9.59 Å². The second kappa shape index (κ2) is 6.64. The summed E-state index contributed by atoms with van der Waals surface area (Å²) in [5.41, 5.74) is 1.94. The average molecular weight is 351 g/mol. The summed E-state index contributed by atoms with van der Waals surface area (Å²) in [5.74, 6) is 0.389. The minimum Gasteiger partial charge on any atom is -0.329 e. The Morgan fingerprint density at radius 2 is 2.22 bits per heavy atom. The first-order chi connectivity index (χ1) is 11.1. The van der Waals surface area contributed by atoms with Gasteiger partial charge < -0.3 is 5.32 Å². The lowest BCUT2D eigenvalue weighted by Crippen LogP contribution is -2.32. The third kappa shape index (κ3) is 3.20. The van der Waals surface area contributed by atoms with Gasteiger partial charge in [-0.2, -0.15) is 0 Å². The number of imidazole rings is 1. The van der Waals surface area contributed by atoms with Gasteiger partial charge >= 0.3 is 6.03 Å². The zero-order valence-corrected chi connectivity index (χ0v) is 14.0. The molecule has 1 N–H and O–H groups in total. The molecule has 0 unspecified atom stereocenters. The fourth-order valence-electron chi connectivity index (χ4n) is 2.35. The van der Waals surface area contributed by atoms with Crippen LogP contribution in [0.2, 0.25) is 5.02 Å². The van der Waals surface area contributed by atoms with E-state index < -0.39 is 0 Å². The highest BCUT2D eigenvalue weighted by atomic mass is 35.5. The summed E-state index contributed by atoms with van der Waals surface area (Å²) in [6, 6.07) is 5.39. The second-order valence-electron chi connectivity index (χ2n) is 5.02. The molecule has 120 valence electrons. The molecule has 0 saturated carbocycles. The van der Waals surface area contributed by atoms with E-state index in [4.69, 9.17) is 11.6 Å². The van der Waals surface area contributed by atoms with Gasteiger partial charge in [-0.15, -0.1) is 0 Å². The molecule has 1 aromatic carbocycles. The van der Waals surface area contributed by atoms with Crippen LogP contribution in [0, 0.1) is 6.92 Å². The summed E-state index contributed by atoms with van der Waals surface area (Å²) in [7, 11) is 0. The molecule has 1 aromatic heterocycles. The normalized spacial score (nSPS) is 14.4. The molecule has 3 rings (SSSR count). The zero-order chi connectivity index (χ0) is 16.4. The Morgan fingerprint density at radius 1 is 1.39 bits per heavy atom. The maximum Gasteiger partial charge on any atom is 0.324 e. The summed E-state index contributed by atoms with van der Waals surface area (Å²) >= 11 is 7.67. The summed E-state index contributed by atoms with van der Waals surface area (Å²) in [6.07, 6.45) is 3.59. The Labute approximate surface area is 142 Å². The summed E-state index contributed by atoms with van der Waals surface area (Å²) in [5, 5.41) is 4.00. The standard InChI is InChI=1S/C15H15ClN4O2S/c1-10-11(16)3-2-4-12(10)19-6-5-17-15(19)23-8-7-20-13(21)9-18-14(20)22/h2-6H,7-9H2,1H3,(H,18,22). The quantitative estimate of drug-likeness (QED) is 0.664. The van der Waals surface area contributed by atoms with Crippen molar-refractivity contribution < 1.29 is 9.59 Å². The number of nitrogens with zero attached hydrogens (tertiary/aromatic N) is 3. The first-order valence-corrected chi connectivity index (χ1v) is 8.44. The van der Waals surface area contributed by atoms with Crippen molar-refractivity contribution in [3.63, 3.8) is 0 Å². The average Bonchev–Trinajstić information content (AvgIpc) is 3.11. The van der Waals surface area contributed by atoms with Crippen LogP contribution in [0.4, 0.5) is 4.79 Å². The first kappa shape index (κ1) is 15.9. The van der Waals surface area contributed by atoms with Gasteiger partial charge in [0.05, 0.1) is 12.2 Å². The van der Waals surface area contributed by atoms with Crippen LogP contribution in [-0.4, -0.2) is 45.2 Å². The Bertz CT molecular complexity index is 746. The van der Waals surface area contributed by atoms with Gasteiger partial charge in [-0.3, -0.25) is 14.3 Å². The Kier molecular flexibility index (Phi) is 4.58. The second-order valence-corrected chi connectivity index (χ2v) is 6.49. The minimum absolute atomic E-state index is 0.0832. The van der Waals surface area contributed by atoms with E-state index in [1.807, 2.05) is 35.9 Å². The number of carbonyl (C=O) groups is 2. The van der Waals surface area contributed by atoms with Gasteiger partial charge in [-0.05, 0) is 24.6 Å². The van der Waals surface area contributed by atoms with Crippen molar-refractivity contribution in [2.75, 3.05) is 18.8 Å². The van der Waals surface area contributed by atoms with E-state index in [-0.39, 0.29) is 18.5 Å². The third-order valence-corrected chi connectivity index (χ3v) is 4.94. The number of aromatic nitrogens is 2. The molecular formula is C15H15ClN4O2S. The van der Waals surface area contributed by atoms with Crippen LogP contribution in [0.15, 0.2) is 35.7 Å². The number of carbonyl (C=O) groups excluding carboxylic acids is 2. The maximum atomic E-state index is 11.5. The Morgan fingerprint density at radius 3 is 2.96 bits per heavy atom. The molecule has 0 radical (unpaired) electrons. The lowest BCUT2D eigenvalue weighted by Gasteiger charge is -2.13. The van der Waals surface area contributed by atoms with Gasteiger partial charge in [0.15, 0.2) is 5.16 Å². The molecule has 1 saturated heterocycles. The largest absolute Gasteiger partial charge is 0.329 e. The van der Waals surface area contributed by atoms with E-state index in [1.165, 1.54) is 16.7 Å². The van der Waals surface area contributed by atoms with Crippen LogP contribution >= 0.6 is 23.4 Å². The summed E-state index contributed by atoms with van der Waals surface area (Å²) < 4.78 is 1.96. The monoisotopic (exact) mass is 350 g/mol. The van der Waals surface area contributed by atoms with Gasteiger partial charge in [0.25, 0.3) is 0 Å². The fourth-order valence-corrected chi connectivity index (χ4v) is 3.41. The number of nitrogens with one attached hydrogen (secondary N) is 1.